The summed E-state index contributed by atoms with van der Waals surface area (Å²) in [5, 5.41) is 25.0. The van der Waals surface area contributed by atoms with E-state index in [0.29, 0.717) is 0 Å². The number of nitrogens with zero attached hydrogens (tertiary/aromatic N) is 1. The molecule has 4 aromatic rings. The second-order valence-corrected chi connectivity index (χ2v) is 14.7. The van der Waals surface area contributed by atoms with Gasteiger partial charge in [0.05, 0.1) is 30.2 Å². The summed E-state index contributed by atoms with van der Waals surface area (Å²) in [5.74, 6) is -0.907. The molecule has 0 aromatic heterocycles. The Balaban J connectivity index is 1.46. The summed E-state index contributed by atoms with van der Waals surface area (Å²) in [6.45, 7) is 8.38. The van der Waals surface area contributed by atoms with Gasteiger partial charge < -0.3 is 25.0 Å². The molecule has 0 spiro atoms. The van der Waals surface area contributed by atoms with E-state index in [1.165, 1.54) is 34.2 Å². The molecule has 1 aliphatic rings. The van der Waals surface area contributed by atoms with Gasteiger partial charge in [0, 0.05) is 18.7 Å². The van der Waals surface area contributed by atoms with Gasteiger partial charge in [-0.1, -0.05) is 102 Å². The lowest BCUT2D eigenvalue weighted by Crippen LogP contribution is -2.30. The lowest BCUT2D eigenvalue weighted by atomic mass is 10.1. The molecule has 0 bridgehead atoms. The van der Waals surface area contributed by atoms with Crippen LogP contribution in [-0.2, 0) is 26.8 Å². The van der Waals surface area contributed by atoms with Gasteiger partial charge in [0.15, 0.2) is 5.75 Å². The van der Waals surface area contributed by atoms with E-state index in [4.69, 9.17) is 13.6 Å². The Bertz CT molecular complexity index is 1940. The maximum atomic E-state index is 14.4. The van der Waals surface area contributed by atoms with E-state index in [0.717, 1.165) is 42.4 Å². The molecule has 1 aliphatic heterocycles. The number of nitrogens with one attached hydrogen (secondary N) is 1. The normalized spacial score (nSPS) is 13.2. The van der Waals surface area contributed by atoms with Gasteiger partial charge in [0.25, 0.3) is 5.91 Å². The summed E-state index contributed by atoms with van der Waals surface area (Å²) in [5.41, 5.74) is 6.04. The molecule has 9 nitrogen and oxygen atoms in total. The van der Waals surface area contributed by atoms with Gasteiger partial charge in [-0.25, -0.2) is 4.57 Å². The number of allylic oxidation sites excluding steroid dienone is 5. The van der Waals surface area contributed by atoms with Gasteiger partial charge in [-0.05, 0) is 76.6 Å². The fourth-order valence-corrected chi connectivity index (χ4v) is 6.84. The van der Waals surface area contributed by atoms with E-state index in [-0.39, 0.29) is 59.6 Å². The number of phenols is 2. The van der Waals surface area contributed by atoms with Gasteiger partial charge >= 0.3 is 7.82 Å². The Hall–Kier alpha value is -5.08. The van der Waals surface area contributed by atoms with Crippen LogP contribution in [0.3, 0.4) is 0 Å². The number of benzene rings is 4. The SMILES string of the molecule is CC(C)=CCCC(C)=CCCC(C)=CCN1C(=O)c2cccc(O)c2Nc2c(OP(=O)(OCc3ccccc3)OCc3ccccc3)cc(O)cc21. The molecule has 272 valence electrons. The lowest BCUT2D eigenvalue weighted by molar-refractivity contribution is 0.0990. The topological polar surface area (TPSA) is 118 Å². The molecule has 0 aliphatic carbocycles. The molecule has 0 radical (unpaired) electrons. The van der Waals surface area contributed by atoms with Gasteiger partial charge in [0.1, 0.15) is 17.2 Å². The van der Waals surface area contributed by atoms with E-state index in [2.05, 4.69) is 38.2 Å². The summed E-state index contributed by atoms with van der Waals surface area (Å²) in [6.07, 6.45) is 10.2. The average Bonchev–Trinajstić information content (AvgIpc) is 3.24. The number of rotatable bonds is 16. The van der Waals surface area contributed by atoms with Crippen LogP contribution in [0, 0.1) is 0 Å². The van der Waals surface area contributed by atoms with E-state index in [1.54, 1.807) is 12.1 Å². The van der Waals surface area contributed by atoms with Crippen molar-refractivity contribution >= 4 is 30.8 Å². The van der Waals surface area contributed by atoms with Crippen LogP contribution >= 0.6 is 7.82 Å². The third kappa shape index (κ3) is 10.5. The van der Waals surface area contributed by atoms with Crippen molar-refractivity contribution in [2.24, 2.45) is 0 Å². The smallest absolute Gasteiger partial charge is 0.508 e. The molecule has 3 N–H and O–H groups in total. The van der Waals surface area contributed by atoms with Crippen molar-refractivity contribution in [1.82, 2.24) is 0 Å². The standard InChI is InChI=1S/C42H47N2O7P/c1-30(2)14-11-15-31(3)16-12-17-32(4)24-25-44-37-26-35(45)27-39(41(37)43-40-36(42(44)47)22-13-23-38(40)46)51-52(48,49-28-33-18-7-5-8-19-33)50-29-34-20-9-6-10-21-34/h5-10,13-14,16,18-24,26-27,43,45-46H,11-12,15,17,25,28-29H2,1-4H3. The molecule has 10 heteroatoms. The van der Waals surface area contributed by atoms with Crippen LogP contribution in [-0.4, -0.2) is 22.7 Å². The Morgan fingerprint density at radius 2 is 1.35 bits per heavy atom. The first-order valence-electron chi connectivity index (χ1n) is 17.4. The number of aromatic hydroxyl groups is 2. The second-order valence-electron chi connectivity index (χ2n) is 13.1. The van der Waals surface area contributed by atoms with E-state index in [1.807, 2.05) is 73.7 Å². The summed E-state index contributed by atoms with van der Waals surface area (Å²) < 4.78 is 32.2. The highest BCUT2D eigenvalue weighted by atomic mass is 31.2. The quantitative estimate of drug-likeness (QED) is 0.0453. The van der Waals surface area contributed by atoms with Gasteiger partial charge in [-0.2, -0.15) is 0 Å². The zero-order chi connectivity index (χ0) is 37.1. The number of hydrogen-bond donors (Lipinski definition) is 3. The predicted octanol–water partition coefficient (Wildman–Crippen LogP) is 11.1. The fraction of sp³-hybridized carbons (Fsp3) is 0.262. The van der Waals surface area contributed by atoms with Gasteiger partial charge in [-0.3, -0.25) is 13.8 Å². The molecule has 4 aromatic carbocycles. The van der Waals surface area contributed by atoms with E-state index >= 15 is 0 Å². The van der Waals surface area contributed by atoms with Crippen molar-refractivity contribution in [3.8, 4) is 17.2 Å². The minimum Gasteiger partial charge on any atom is -0.508 e. The summed E-state index contributed by atoms with van der Waals surface area (Å²) >= 11 is 0. The Morgan fingerprint density at radius 3 is 1.96 bits per heavy atom. The molecule has 1 heterocycles. The number of phosphoric acid groups is 1. The number of phenolic OH excluding ortho intramolecular Hbond substituents is 2. The van der Waals surface area contributed by atoms with Gasteiger partial charge in [0.2, 0.25) is 0 Å². The van der Waals surface area contributed by atoms with Crippen molar-refractivity contribution in [3.05, 3.63) is 143 Å². The average molecular weight is 723 g/mol. The highest BCUT2D eigenvalue weighted by Crippen LogP contribution is 2.56. The Morgan fingerprint density at radius 1 is 0.750 bits per heavy atom. The number of anilines is 3. The molecule has 0 atom stereocenters. The zero-order valence-electron chi connectivity index (χ0n) is 30.2. The van der Waals surface area contributed by atoms with Crippen molar-refractivity contribution in [1.29, 1.82) is 0 Å². The van der Waals surface area contributed by atoms with Crippen LogP contribution in [0.15, 0.2) is 126 Å². The van der Waals surface area contributed by atoms with Crippen LogP contribution in [0.4, 0.5) is 17.1 Å². The number of amides is 1. The first-order chi connectivity index (χ1) is 25.0. The number of carbonyl (C=O) groups is 1. The Kier molecular flexibility index (Phi) is 13.1. The number of hydrogen-bond acceptors (Lipinski definition) is 8. The van der Waals surface area contributed by atoms with Crippen LogP contribution < -0.4 is 14.7 Å². The monoisotopic (exact) mass is 722 g/mol. The van der Waals surface area contributed by atoms with Crippen molar-refractivity contribution in [3.63, 3.8) is 0 Å². The molecule has 52 heavy (non-hydrogen) atoms. The molecule has 0 saturated carbocycles. The highest BCUT2D eigenvalue weighted by Gasteiger charge is 2.35. The Labute approximate surface area is 306 Å². The first-order valence-corrected chi connectivity index (χ1v) is 18.9. The molecule has 0 saturated heterocycles. The fourth-order valence-electron chi connectivity index (χ4n) is 5.66. The summed E-state index contributed by atoms with van der Waals surface area (Å²) in [7, 11) is -4.39. The van der Waals surface area contributed by atoms with Crippen LogP contribution in [0.2, 0.25) is 0 Å². The van der Waals surface area contributed by atoms with Crippen molar-refractivity contribution < 1.29 is 33.1 Å². The number of carbonyl (C=O) groups excluding carboxylic acids is 1. The highest BCUT2D eigenvalue weighted by molar-refractivity contribution is 7.48. The second kappa shape index (κ2) is 17.9. The van der Waals surface area contributed by atoms with Crippen LogP contribution in [0.1, 0.15) is 74.9 Å². The minimum atomic E-state index is -4.39. The number of phosphoric ester groups is 1. The van der Waals surface area contributed by atoms with E-state index in [9.17, 15) is 19.6 Å². The van der Waals surface area contributed by atoms with Crippen LogP contribution in [0.5, 0.6) is 17.2 Å². The van der Waals surface area contributed by atoms with Crippen LogP contribution in [0.25, 0.3) is 0 Å². The third-order valence-electron chi connectivity index (χ3n) is 8.54. The lowest BCUT2D eigenvalue weighted by Gasteiger charge is -2.25. The molecular formula is C42H47N2O7P. The largest absolute Gasteiger partial charge is 0.530 e. The molecular weight excluding hydrogens is 675 g/mol. The molecule has 0 unspecified atom stereocenters. The maximum absolute atomic E-state index is 14.4. The third-order valence-corrected chi connectivity index (χ3v) is 9.86. The summed E-state index contributed by atoms with van der Waals surface area (Å²) in [6, 6.07) is 25.7. The van der Waals surface area contributed by atoms with Crippen molar-refractivity contribution in [2.45, 2.75) is 66.6 Å². The van der Waals surface area contributed by atoms with Gasteiger partial charge in [-0.15, -0.1) is 0 Å². The maximum Gasteiger partial charge on any atom is 0.530 e. The van der Waals surface area contributed by atoms with E-state index < -0.39 is 13.7 Å². The minimum absolute atomic E-state index is 0.0795. The molecule has 0 fully saturated rings. The molecule has 1 amide bonds. The molecule has 5 rings (SSSR count). The summed E-state index contributed by atoms with van der Waals surface area (Å²) in [4.78, 5) is 15.6. The zero-order valence-corrected chi connectivity index (χ0v) is 31.1. The van der Waals surface area contributed by atoms with Crippen molar-refractivity contribution in [2.75, 3.05) is 16.8 Å². The number of para-hydroxylation sites is 1. The predicted molar refractivity (Wildman–Crippen MR) is 207 cm³/mol. The first kappa shape index (κ1) is 38.2. The number of fused-ring (bicyclic) bond motifs is 2.